The van der Waals surface area contributed by atoms with E-state index >= 15 is 0 Å². The molecule has 2 aromatic rings. The number of carbonyl (C=O) groups is 2. The fourth-order valence-corrected chi connectivity index (χ4v) is 3.63. The van der Waals surface area contributed by atoms with Crippen molar-refractivity contribution in [3.63, 3.8) is 0 Å². The third-order valence-corrected chi connectivity index (χ3v) is 5.02. The molecule has 1 aliphatic rings. The van der Waals surface area contributed by atoms with E-state index in [1.807, 2.05) is 4.90 Å². The number of halogens is 2. The predicted octanol–water partition coefficient (Wildman–Crippen LogP) is 3.92. The summed E-state index contributed by atoms with van der Waals surface area (Å²) in [5, 5.41) is 0.673. The van der Waals surface area contributed by atoms with E-state index in [-0.39, 0.29) is 12.0 Å². The minimum Gasteiger partial charge on any atom is -0.459 e. The summed E-state index contributed by atoms with van der Waals surface area (Å²) < 4.78 is 5.31. The minimum absolute atomic E-state index is 0.198. The zero-order valence-corrected chi connectivity index (χ0v) is 17.2. The van der Waals surface area contributed by atoms with Crippen molar-refractivity contribution in [2.24, 2.45) is 0 Å². The topological polar surface area (TPSA) is 62.7 Å². The largest absolute Gasteiger partial charge is 0.459 e. The first kappa shape index (κ1) is 20.4. The minimum atomic E-state index is -0.403. The number of amides is 1. The number of nitrogens with zero attached hydrogens (tertiary/aromatic N) is 3. The molecule has 148 valence electrons. The summed E-state index contributed by atoms with van der Waals surface area (Å²) in [5.41, 5.74) is 0.739. The third-order valence-electron chi connectivity index (χ3n) is 4.39. The van der Waals surface area contributed by atoms with Crippen molar-refractivity contribution in [3.8, 4) is 0 Å². The molecule has 6 nitrogen and oxygen atoms in total. The van der Waals surface area contributed by atoms with Crippen molar-refractivity contribution in [2.75, 3.05) is 31.1 Å². The fourth-order valence-electron chi connectivity index (χ4n) is 3.07. The zero-order chi connectivity index (χ0) is 20.3. The van der Waals surface area contributed by atoms with Gasteiger partial charge < -0.3 is 14.5 Å². The third kappa shape index (κ3) is 4.39. The Morgan fingerprint density at radius 2 is 1.68 bits per heavy atom. The molecule has 0 radical (unpaired) electrons. The van der Waals surface area contributed by atoms with Gasteiger partial charge in [0.2, 0.25) is 0 Å². The van der Waals surface area contributed by atoms with Gasteiger partial charge in [0.25, 0.3) is 5.91 Å². The van der Waals surface area contributed by atoms with Crippen LogP contribution < -0.4 is 4.90 Å². The molecule has 0 atom stereocenters. The van der Waals surface area contributed by atoms with Crippen molar-refractivity contribution in [3.05, 3.63) is 57.7 Å². The monoisotopic (exact) mass is 421 g/mol. The van der Waals surface area contributed by atoms with Crippen molar-refractivity contribution in [1.82, 2.24) is 9.88 Å². The van der Waals surface area contributed by atoms with E-state index in [9.17, 15) is 9.59 Å². The highest BCUT2D eigenvalue weighted by Crippen LogP contribution is 2.27. The number of benzene rings is 1. The van der Waals surface area contributed by atoms with Gasteiger partial charge in [0.15, 0.2) is 0 Å². The van der Waals surface area contributed by atoms with Crippen LogP contribution in [-0.4, -0.2) is 54.0 Å². The second-order valence-electron chi connectivity index (χ2n) is 6.70. The Bertz CT molecular complexity index is 860. The lowest BCUT2D eigenvalue weighted by molar-refractivity contribution is 0.0377. The predicted molar refractivity (Wildman–Crippen MR) is 109 cm³/mol. The SMILES string of the molecule is CC(C)OC(=O)c1cccnc1N1CCN(C(=O)c2c(Cl)cccc2Cl)CC1. The lowest BCUT2D eigenvalue weighted by Gasteiger charge is -2.36. The van der Waals surface area contributed by atoms with Crippen LogP contribution in [0.2, 0.25) is 10.0 Å². The van der Waals surface area contributed by atoms with E-state index in [1.165, 1.54) is 0 Å². The molecule has 0 bridgehead atoms. The molecule has 0 unspecified atom stereocenters. The molecule has 2 heterocycles. The Balaban J connectivity index is 1.73. The van der Waals surface area contributed by atoms with Gasteiger partial charge in [-0.25, -0.2) is 9.78 Å². The Morgan fingerprint density at radius 1 is 1.04 bits per heavy atom. The number of pyridine rings is 1. The number of esters is 1. The Kier molecular flexibility index (Phi) is 6.42. The highest BCUT2D eigenvalue weighted by Gasteiger charge is 2.28. The molecule has 3 rings (SSSR count). The van der Waals surface area contributed by atoms with E-state index in [0.29, 0.717) is 53.2 Å². The van der Waals surface area contributed by atoms with Crippen LogP contribution in [0.5, 0.6) is 0 Å². The van der Waals surface area contributed by atoms with Crippen LogP contribution in [0, 0.1) is 0 Å². The average Bonchev–Trinajstić information content (AvgIpc) is 2.67. The van der Waals surface area contributed by atoms with Crippen LogP contribution in [0.15, 0.2) is 36.5 Å². The van der Waals surface area contributed by atoms with Crippen LogP contribution in [0.3, 0.4) is 0 Å². The highest BCUT2D eigenvalue weighted by atomic mass is 35.5. The molecule has 1 aromatic heterocycles. The summed E-state index contributed by atoms with van der Waals surface area (Å²) in [5.74, 6) is -0.0359. The maximum absolute atomic E-state index is 12.8. The molecular formula is C20H21Cl2N3O3. The summed E-state index contributed by atoms with van der Waals surface area (Å²) in [6.45, 7) is 5.61. The Morgan fingerprint density at radius 3 is 2.29 bits per heavy atom. The summed E-state index contributed by atoms with van der Waals surface area (Å²) in [7, 11) is 0. The van der Waals surface area contributed by atoms with Gasteiger partial charge in [0.1, 0.15) is 11.4 Å². The van der Waals surface area contributed by atoms with Gasteiger partial charge in [-0.2, -0.15) is 0 Å². The molecule has 8 heteroatoms. The fraction of sp³-hybridized carbons (Fsp3) is 0.350. The highest BCUT2D eigenvalue weighted by molar-refractivity contribution is 6.39. The smallest absolute Gasteiger partial charge is 0.342 e. The Hall–Kier alpha value is -2.31. The van der Waals surface area contributed by atoms with Crippen LogP contribution in [0.1, 0.15) is 34.6 Å². The summed E-state index contributed by atoms with van der Waals surface area (Å²) in [6.07, 6.45) is 1.43. The average molecular weight is 422 g/mol. The maximum atomic E-state index is 12.8. The van der Waals surface area contributed by atoms with Crippen LogP contribution in [0.25, 0.3) is 0 Å². The quantitative estimate of drug-likeness (QED) is 0.700. The first-order valence-corrected chi connectivity index (χ1v) is 9.78. The second-order valence-corrected chi connectivity index (χ2v) is 7.52. The van der Waals surface area contributed by atoms with E-state index in [1.54, 1.807) is 55.3 Å². The van der Waals surface area contributed by atoms with Crippen LogP contribution in [-0.2, 0) is 4.74 Å². The summed E-state index contributed by atoms with van der Waals surface area (Å²) in [4.78, 5) is 33.3. The van der Waals surface area contributed by atoms with Crippen molar-refractivity contribution < 1.29 is 14.3 Å². The number of hydrogen-bond donors (Lipinski definition) is 0. The molecule has 1 aliphatic heterocycles. The van der Waals surface area contributed by atoms with E-state index < -0.39 is 5.97 Å². The number of hydrogen-bond acceptors (Lipinski definition) is 5. The van der Waals surface area contributed by atoms with Crippen molar-refractivity contribution in [2.45, 2.75) is 20.0 Å². The molecular weight excluding hydrogens is 401 g/mol. The van der Waals surface area contributed by atoms with Gasteiger partial charge in [-0.15, -0.1) is 0 Å². The number of piperazine rings is 1. The van der Waals surface area contributed by atoms with Gasteiger partial charge in [-0.05, 0) is 38.1 Å². The first-order chi connectivity index (χ1) is 13.4. The molecule has 28 heavy (non-hydrogen) atoms. The molecule has 0 spiro atoms. The molecule has 1 aromatic carbocycles. The van der Waals surface area contributed by atoms with Crippen molar-refractivity contribution >= 4 is 40.9 Å². The van der Waals surface area contributed by atoms with Gasteiger partial charge >= 0.3 is 5.97 Å². The summed E-state index contributed by atoms with van der Waals surface area (Å²) >= 11 is 12.3. The number of anilines is 1. The first-order valence-electron chi connectivity index (χ1n) is 9.02. The lowest BCUT2D eigenvalue weighted by Crippen LogP contribution is -2.49. The number of ether oxygens (including phenoxy) is 1. The van der Waals surface area contributed by atoms with Gasteiger partial charge in [-0.1, -0.05) is 29.3 Å². The number of rotatable bonds is 4. The van der Waals surface area contributed by atoms with Crippen molar-refractivity contribution in [1.29, 1.82) is 0 Å². The lowest BCUT2D eigenvalue weighted by atomic mass is 10.1. The zero-order valence-electron chi connectivity index (χ0n) is 15.7. The molecule has 0 aliphatic carbocycles. The van der Waals surface area contributed by atoms with Crippen LogP contribution in [0.4, 0.5) is 5.82 Å². The summed E-state index contributed by atoms with van der Waals surface area (Å²) in [6, 6.07) is 8.42. The normalized spacial score (nSPS) is 14.3. The maximum Gasteiger partial charge on any atom is 0.342 e. The molecule has 0 N–H and O–H groups in total. The van der Waals surface area contributed by atoms with Crippen LogP contribution >= 0.6 is 23.2 Å². The van der Waals surface area contributed by atoms with E-state index in [4.69, 9.17) is 27.9 Å². The van der Waals surface area contributed by atoms with Gasteiger partial charge in [0, 0.05) is 32.4 Å². The molecule has 0 saturated carbocycles. The van der Waals surface area contributed by atoms with Gasteiger partial charge in [-0.3, -0.25) is 4.79 Å². The molecule has 1 amide bonds. The molecule has 1 fully saturated rings. The second kappa shape index (κ2) is 8.80. The van der Waals surface area contributed by atoms with Gasteiger partial charge in [0.05, 0.1) is 21.7 Å². The van der Waals surface area contributed by atoms with E-state index in [0.717, 1.165) is 0 Å². The Labute approximate surface area is 174 Å². The standard InChI is InChI=1S/C20H21Cl2N3O3/c1-13(2)28-20(27)14-5-4-8-23-18(14)24-9-11-25(12-10-24)19(26)17-15(21)6-3-7-16(17)22/h3-8,13H,9-12H2,1-2H3. The van der Waals surface area contributed by atoms with E-state index in [2.05, 4.69) is 4.98 Å². The number of carbonyl (C=O) groups excluding carboxylic acids is 2. The molecule has 1 saturated heterocycles. The number of aromatic nitrogens is 1.